The average molecular weight is 237 g/mol. The van der Waals surface area contributed by atoms with E-state index in [0.29, 0.717) is 22.1 Å². The number of hydrogen-bond acceptors (Lipinski definition) is 2. The quantitative estimate of drug-likeness (QED) is 0.498. The van der Waals surface area contributed by atoms with Crippen molar-refractivity contribution < 1.29 is 4.79 Å². The van der Waals surface area contributed by atoms with Crippen LogP contribution < -0.4 is 5.32 Å². The van der Waals surface area contributed by atoms with Crippen molar-refractivity contribution in [3.63, 3.8) is 0 Å². The van der Waals surface area contributed by atoms with Crippen molar-refractivity contribution >= 4 is 29.4 Å². The summed E-state index contributed by atoms with van der Waals surface area (Å²) in [6.45, 7) is 1.82. The van der Waals surface area contributed by atoms with Crippen LogP contribution in [0.15, 0.2) is 40.4 Å². The van der Waals surface area contributed by atoms with Crippen molar-refractivity contribution in [1.29, 1.82) is 0 Å². The van der Waals surface area contributed by atoms with E-state index < -0.39 is 0 Å². The summed E-state index contributed by atoms with van der Waals surface area (Å²) in [4.78, 5) is 14.8. The second kappa shape index (κ2) is 6.08. The second-order valence-electron chi connectivity index (χ2n) is 3.04. The molecule has 4 heteroatoms. The third-order valence-electron chi connectivity index (χ3n) is 2.04. The molecule has 0 saturated heterocycles. The van der Waals surface area contributed by atoms with Crippen LogP contribution in [-0.2, 0) is 0 Å². The number of nitrogens with zero attached hydrogens (tertiary/aromatic N) is 1. The van der Waals surface area contributed by atoms with Crippen LogP contribution in [0.4, 0.5) is 5.69 Å². The molecule has 1 aromatic carbocycles. The summed E-state index contributed by atoms with van der Waals surface area (Å²) in [5, 5.41) is 3.53. The molecule has 0 heterocycles. The number of carbonyl (C=O) groups is 1. The van der Waals surface area contributed by atoms with Crippen LogP contribution in [0.5, 0.6) is 0 Å². The summed E-state index contributed by atoms with van der Waals surface area (Å²) in [5.41, 5.74) is 1.27. The molecule has 16 heavy (non-hydrogen) atoms. The van der Waals surface area contributed by atoms with Crippen LogP contribution in [-0.4, -0.2) is 19.2 Å². The summed E-state index contributed by atoms with van der Waals surface area (Å²) in [6.07, 6.45) is 2.53. The summed E-state index contributed by atoms with van der Waals surface area (Å²) in [6, 6.07) is 7.17. The van der Waals surface area contributed by atoms with Gasteiger partial charge in [0.2, 0.25) is 0 Å². The van der Waals surface area contributed by atoms with Gasteiger partial charge in [0.05, 0.1) is 10.7 Å². The Bertz CT molecular complexity index is 438. The zero-order chi connectivity index (χ0) is 12.0. The van der Waals surface area contributed by atoms with Crippen molar-refractivity contribution in [2.75, 3.05) is 12.4 Å². The Hall–Kier alpha value is -1.61. The summed E-state index contributed by atoms with van der Waals surface area (Å²) in [7, 11) is 1.64. The van der Waals surface area contributed by atoms with Gasteiger partial charge in [-0.25, -0.2) is 0 Å². The largest absolute Gasteiger partial charge is 0.339 e. The second-order valence-corrected chi connectivity index (χ2v) is 3.45. The van der Waals surface area contributed by atoms with Crippen LogP contribution in [0, 0.1) is 0 Å². The number of carbonyl (C=O) groups excluding carboxylic acids is 1. The van der Waals surface area contributed by atoms with E-state index in [1.165, 1.54) is 0 Å². The smallest absolute Gasteiger partial charge is 0.152 e. The van der Waals surface area contributed by atoms with Gasteiger partial charge in [0.25, 0.3) is 0 Å². The predicted octanol–water partition coefficient (Wildman–Crippen LogP) is 3.08. The molecule has 0 amide bonds. The zero-order valence-electron chi connectivity index (χ0n) is 9.20. The lowest BCUT2D eigenvalue weighted by molar-refractivity contribution is 0.112. The lowest BCUT2D eigenvalue weighted by atomic mass is 10.2. The van der Waals surface area contributed by atoms with Crippen molar-refractivity contribution in [3.8, 4) is 0 Å². The molecule has 1 N–H and O–H groups in total. The van der Waals surface area contributed by atoms with Gasteiger partial charge >= 0.3 is 0 Å². The van der Waals surface area contributed by atoms with E-state index >= 15 is 0 Å². The maximum Gasteiger partial charge on any atom is 0.152 e. The number of aliphatic imine (C=N–C) groups is 1. The van der Waals surface area contributed by atoms with Crippen LogP contribution in [0.3, 0.4) is 0 Å². The molecule has 0 spiro atoms. The molecule has 0 aliphatic heterocycles. The van der Waals surface area contributed by atoms with E-state index in [2.05, 4.69) is 10.3 Å². The molecule has 1 rings (SSSR count). The first kappa shape index (κ1) is 12.5. The number of anilines is 1. The highest BCUT2D eigenvalue weighted by atomic mass is 35.5. The topological polar surface area (TPSA) is 41.5 Å². The average Bonchev–Trinajstić information content (AvgIpc) is 2.35. The number of rotatable bonds is 3. The first-order valence-corrected chi connectivity index (χ1v) is 5.21. The Kier molecular flexibility index (Phi) is 4.73. The molecule has 0 fully saturated rings. The number of aldehydes is 1. The molecular formula is C12H13ClN2O. The fourth-order valence-corrected chi connectivity index (χ4v) is 1.33. The van der Waals surface area contributed by atoms with Crippen molar-refractivity contribution in [1.82, 2.24) is 0 Å². The van der Waals surface area contributed by atoms with Crippen molar-refractivity contribution in [2.45, 2.75) is 6.92 Å². The van der Waals surface area contributed by atoms with E-state index in [0.717, 1.165) is 6.29 Å². The fraction of sp³-hybridized carbons (Fsp3) is 0.167. The molecule has 0 aliphatic carbocycles. The Balaban J connectivity index is 2.99. The number of nitrogens with one attached hydrogen (secondary N) is 1. The van der Waals surface area contributed by atoms with Gasteiger partial charge in [-0.05, 0) is 19.1 Å². The normalized spacial score (nSPS) is 12.4. The zero-order valence-corrected chi connectivity index (χ0v) is 9.95. The monoisotopic (exact) mass is 236 g/mol. The standard InChI is InChI=1S/C12H13ClN2O/c1-3-10(13)12(14-2)15-11-7-5-4-6-9(11)8-16/h3-8H,1-2H3,(H,14,15)/b10-3+. The number of benzene rings is 1. The number of allylic oxidation sites excluding steroid dienone is 1. The van der Waals surface area contributed by atoms with Crippen molar-refractivity contribution in [3.05, 3.63) is 40.9 Å². The minimum absolute atomic E-state index is 0.517. The minimum atomic E-state index is 0.517. The van der Waals surface area contributed by atoms with Gasteiger partial charge in [0.15, 0.2) is 6.29 Å². The first-order valence-electron chi connectivity index (χ1n) is 4.83. The molecule has 0 saturated carbocycles. The minimum Gasteiger partial charge on any atom is -0.339 e. The van der Waals surface area contributed by atoms with Gasteiger partial charge in [0.1, 0.15) is 5.84 Å². The van der Waals surface area contributed by atoms with E-state index in [1.54, 1.807) is 31.3 Å². The molecule has 0 atom stereocenters. The molecule has 0 unspecified atom stereocenters. The van der Waals surface area contributed by atoms with Crippen LogP contribution in [0.1, 0.15) is 17.3 Å². The van der Waals surface area contributed by atoms with Gasteiger partial charge in [0, 0.05) is 12.6 Å². The molecule has 3 nitrogen and oxygen atoms in total. The highest BCUT2D eigenvalue weighted by molar-refractivity contribution is 6.45. The number of para-hydroxylation sites is 1. The van der Waals surface area contributed by atoms with E-state index in [4.69, 9.17) is 11.6 Å². The first-order chi connectivity index (χ1) is 7.72. The SMILES string of the molecule is C/C=C(/Cl)C(=NC)Nc1ccccc1C=O. The van der Waals surface area contributed by atoms with E-state index in [-0.39, 0.29) is 0 Å². The molecular weight excluding hydrogens is 224 g/mol. The summed E-state index contributed by atoms with van der Waals surface area (Å²) >= 11 is 5.96. The highest BCUT2D eigenvalue weighted by Crippen LogP contribution is 2.15. The third kappa shape index (κ3) is 2.94. The van der Waals surface area contributed by atoms with Gasteiger partial charge in [-0.2, -0.15) is 0 Å². The molecule has 0 aliphatic rings. The fourth-order valence-electron chi connectivity index (χ4n) is 1.20. The maximum absolute atomic E-state index is 10.8. The Morgan fingerprint density at radius 3 is 2.69 bits per heavy atom. The van der Waals surface area contributed by atoms with Gasteiger partial charge in [-0.3, -0.25) is 9.79 Å². The van der Waals surface area contributed by atoms with Crippen LogP contribution in [0.2, 0.25) is 0 Å². The van der Waals surface area contributed by atoms with E-state index in [1.807, 2.05) is 13.0 Å². The number of amidine groups is 1. The summed E-state index contributed by atoms with van der Waals surface area (Å²) < 4.78 is 0. The van der Waals surface area contributed by atoms with Gasteiger partial charge < -0.3 is 5.32 Å². The number of halogens is 1. The predicted molar refractivity (Wildman–Crippen MR) is 68.4 cm³/mol. The summed E-state index contributed by atoms with van der Waals surface area (Å²) in [5.74, 6) is 0.540. The lowest BCUT2D eigenvalue weighted by Gasteiger charge is -2.09. The number of hydrogen-bond donors (Lipinski definition) is 1. The molecule has 1 aromatic rings. The van der Waals surface area contributed by atoms with Crippen molar-refractivity contribution in [2.24, 2.45) is 4.99 Å². The molecule has 0 radical (unpaired) electrons. The molecule has 0 aromatic heterocycles. The third-order valence-corrected chi connectivity index (χ3v) is 2.44. The van der Waals surface area contributed by atoms with Crippen LogP contribution >= 0.6 is 11.6 Å². The Labute approximate surface area is 99.8 Å². The molecule has 84 valence electrons. The Morgan fingerprint density at radius 2 is 2.12 bits per heavy atom. The highest BCUT2D eigenvalue weighted by Gasteiger charge is 2.05. The maximum atomic E-state index is 10.8. The molecule has 0 bridgehead atoms. The lowest BCUT2D eigenvalue weighted by Crippen LogP contribution is -2.13. The van der Waals surface area contributed by atoms with Crippen LogP contribution in [0.25, 0.3) is 0 Å². The Morgan fingerprint density at radius 1 is 1.44 bits per heavy atom. The van der Waals surface area contributed by atoms with Gasteiger partial charge in [-0.15, -0.1) is 0 Å². The van der Waals surface area contributed by atoms with E-state index in [9.17, 15) is 4.79 Å². The van der Waals surface area contributed by atoms with Gasteiger partial charge in [-0.1, -0.05) is 29.8 Å².